The van der Waals surface area contributed by atoms with Crippen LogP contribution in [0.5, 0.6) is 0 Å². The topological polar surface area (TPSA) is 74.6 Å². The number of carbonyl (C=O) groups is 2. The van der Waals surface area contributed by atoms with Crippen molar-refractivity contribution in [3.63, 3.8) is 0 Å². The zero-order valence-corrected chi connectivity index (χ0v) is 17.2. The lowest BCUT2D eigenvalue weighted by Crippen LogP contribution is -2.04. The lowest BCUT2D eigenvalue weighted by atomic mass is 9.92. The van der Waals surface area contributed by atoms with E-state index in [-0.39, 0.29) is 6.42 Å². The molecule has 4 heteroatoms. The fraction of sp³-hybridized carbons (Fsp3) is 0.583. The highest BCUT2D eigenvalue weighted by Crippen LogP contribution is 2.19. The van der Waals surface area contributed by atoms with Gasteiger partial charge in [0.05, 0.1) is 5.56 Å². The molecule has 1 aromatic rings. The van der Waals surface area contributed by atoms with E-state index in [9.17, 15) is 9.59 Å². The van der Waals surface area contributed by atoms with E-state index in [0.29, 0.717) is 17.9 Å². The van der Waals surface area contributed by atoms with Gasteiger partial charge < -0.3 is 10.2 Å². The van der Waals surface area contributed by atoms with Gasteiger partial charge in [0.2, 0.25) is 0 Å². The van der Waals surface area contributed by atoms with Crippen molar-refractivity contribution in [2.45, 2.75) is 84.0 Å². The van der Waals surface area contributed by atoms with Gasteiger partial charge in [0.25, 0.3) is 0 Å². The summed E-state index contributed by atoms with van der Waals surface area (Å²) in [7, 11) is 0. The summed E-state index contributed by atoms with van der Waals surface area (Å²) in [5, 5.41) is 17.8. The number of benzene rings is 1. The first kappa shape index (κ1) is 23.9. The third kappa shape index (κ3) is 11.6. The van der Waals surface area contributed by atoms with Gasteiger partial charge in [-0.05, 0) is 55.7 Å². The Morgan fingerprint density at radius 1 is 0.929 bits per heavy atom. The first-order chi connectivity index (χ1) is 13.5. The van der Waals surface area contributed by atoms with Crippen LogP contribution in [0.1, 0.15) is 93.5 Å². The van der Waals surface area contributed by atoms with E-state index >= 15 is 0 Å². The van der Waals surface area contributed by atoms with Crippen LogP contribution in [-0.4, -0.2) is 22.2 Å². The second-order valence-corrected chi connectivity index (χ2v) is 7.59. The molecule has 0 aromatic heterocycles. The molecule has 0 saturated carbocycles. The first-order valence-electron chi connectivity index (χ1n) is 10.7. The number of allylic oxidation sites excluding steroid dienone is 2. The number of hydrogen-bond donors (Lipinski definition) is 2. The molecular weight excluding hydrogens is 352 g/mol. The molecule has 0 aliphatic carbocycles. The van der Waals surface area contributed by atoms with Crippen LogP contribution in [0.15, 0.2) is 36.4 Å². The third-order valence-electron chi connectivity index (χ3n) is 5.05. The van der Waals surface area contributed by atoms with Crippen LogP contribution in [0.3, 0.4) is 0 Å². The van der Waals surface area contributed by atoms with Crippen molar-refractivity contribution in [2.24, 2.45) is 5.92 Å². The monoisotopic (exact) mass is 388 g/mol. The van der Waals surface area contributed by atoms with Crippen molar-refractivity contribution in [2.75, 3.05) is 0 Å². The molecule has 0 fully saturated rings. The highest BCUT2D eigenvalue weighted by molar-refractivity contribution is 5.87. The van der Waals surface area contributed by atoms with Crippen LogP contribution in [0.25, 0.3) is 0 Å². The highest BCUT2D eigenvalue weighted by Gasteiger charge is 2.09. The fourth-order valence-corrected chi connectivity index (χ4v) is 3.37. The summed E-state index contributed by atoms with van der Waals surface area (Å²) in [5.41, 5.74) is 1.43. The van der Waals surface area contributed by atoms with E-state index in [0.717, 1.165) is 31.2 Å². The number of carboxylic acids is 2. The minimum atomic E-state index is -0.907. The Kier molecular flexibility index (Phi) is 12.7. The van der Waals surface area contributed by atoms with Crippen molar-refractivity contribution in [1.29, 1.82) is 0 Å². The maximum absolute atomic E-state index is 11.0. The molecule has 156 valence electrons. The van der Waals surface area contributed by atoms with Crippen molar-refractivity contribution in [3.8, 4) is 0 Å². The van der Waals surface area contributed by atoms with E-state index in [2.05, 4.69) is 19.1 Å². The van der Waals surface area contributed by atoms with E-state index in [4.69, 9.17) is 10.2 Å². The van der Waals surface area contributed by atoms with Crippen LogP contribution in [0, 0.1) is 5.92 Å². The van der Waals surface area contributed by atoms with Gasteiger partial charge in [0.1, 0.15) is 0 Å². The van der Waals surface area contributed by atoms with E-state index in [1.54, 1.807) is 12.1 Å². The molecule has 2 N–H and O–H groups in total. The summed E-state index contributed by atoms with van der Waals surface area (Å²) in [5.74, 6) is -1.28. The van der Waals surface area contributed by atoms with Gasteiger partial charge >= 0.3 is 11.9 Å². The van der Waals surface area contributed by atoms with E-state index < -0.39 is 11.9 Å². The van der Waals surface area contributed by atoms with Crippen LogP contribution < -0.4 is 0 Å². The lowest BCUT2D eigenvalue weighted by Gasteiger charge is -2.13. The molecular formula is C24H36O4. The number of aliphatic carboxylic acids is 1. The average molecular weight is 389 g/mol. The lowest BCUT2D eigenvalue weighted by molar-refractivity contribution is -0.137. The predicted octanol–water partition coefficient (Wildman–Crippen LogP) is 6.50. The van der Waals surface area contributed by atoms with Gasteiger partial charge in [-0.1, -0.05) is 69.7 Å². The molecule has 0 bridgehead atoms. The fourth-order valence-electron chi connectivity index (χ4n) is 3.37. The van der Waals surface area contributed by atoms with Gasteiger partial charge in [-0.2, -0.15) is 0 Å². The molecule has 0 heterocycles. The molecule has 0 amide bonds. The zero-order valence-electron chi connectivity index (χ0n) is 17.2. The predicted molar refractivity (Wildman–Crippen MR) is 114 cm³/mol. The Morgan fingerprint density at radius 3 is 2.25 bits per heavy atom. The van der Waals surface area contributed by atoms with E-state index in [1.807, 2.05) is 12.1 Å². The Hall–Kier alpha value is -2.10. The summed E-state index contributed by atoms with van der Waals surface area (Å²) in [6, 6.07) is 7.07. The minimum absolute atomic E-state index is 0.224. The number of unbranched alkanes of at least 4 members (excludes halogenated alkanes) is 7. The third-order valence-corrected chi connectivity index (χ3v) is 5.05. The molecule has 0 radical (unpaired) electrons. The summed E-state index contributed by atoms with van der Waals surface area (Å²) >= 11 is 0. The SMILES string of the molecule is CCCCCCCCC=CC(CCCCC(=O)O)Cc1ccc(C(=O)O)cc1. The standard InChI is InChI=1S/C24H36O4/c1-2-3-4-5-6-7-8-9-12-20(13-10-11-14-23(25)26)19-21-15-17-22(18-16-21)24(27)28/h9,12,15-18,20H,2-8,10-11,13-14,19H2,1H3,(H,25,26)(H,27,28). The molecule has 1 unspecified atom stereocenters. The Morgan fingerprint density at radius 2 is 1.61 bits per heavy atom. The molecule has 4 nitrogen and oxygen atoms in total. The Bertz CT molecular complexity index is 589. The van der Waals surface area contributed by atoms with Crippen molar-refractivity contribution in [3.05, 3.63) is 47.5 Å². The molecule has 1 rings (SSSR count). The Labute approximate surface area is 169 Å². The molecule has 0 spiro atoms. The largest absolute Gasteiger partial charge is 0.481 e. The molecule has 1 atom stereocenters. The quantitative estimate of drug-likeness (QED) is 0.250. The molecule has 1 aromatic carbocycles. The minimum Gasteiger partial charge on any atom is -0.481 e. The van der Waals surface area contributed by atoms with Crippen molar-refractivity contribution >= 4 is 11.9 Å². The molecule has 28 heavy (non-hydrogen) atoms. The van der Waals surface area contributed by atoms with Crippen LogP contribution in [0.2, 0.25) is 0 Å². The van der Waals surface area contributed by atoms with Crippen LogP contribution in [-0.2, 0) is 11.2 Å². The van der Waals surface area contributed by atoms with Gasteiger partial charge in [-0.25, -0.2) is 4.79 Å². The second kappa shape index (κ2) is 14.9. The van der Waals surface area contributed by atoms with Crippen LogP contribution in [0.4, 0.5) is 0 Å². The zero-order chi connectivity index (χ0) is 20.6. The summed E-state index contributed by atoms with van der Waals surface area (Å²) in [4.78, 5) is 21.7. The second-order valence-electron chi connectivity index (χ2n) is 7.59. The summed E-state index contributed by atoms with van der Waals surface area (Å²) in [6.45, 7) is 2.23. The van der Waals surface area contributed by atoms with Gasteiger partial charge in [0, 0.05) is 6.42 Å². The maximum Gasteiger partial charge on any atom is 0.335 e. The number of rotatable bonds is 16. The molecule has 0 aliphatic heterocycles. The molecule has 0 saturated heterocycles. The average Bonchev–Trinajstić information content (AvgIpc) is 2.67. The highest BCUT2D eigenvalue weighted by atomic mass is 16.4. The first-order valence-corrected chi connectivity index (χ1v) is 10.7. The van der Waals surface area contributed by atoms with Crippen LogP contribution >= 0.6 is 0 Å². The number of aromatic carboxylic acids is 1. The van der Waals surface area contributed by atoms with Crippen molar-refractivity contribution < 1.29 is 19.8 Å². The molecule has 0 aliphatic rings. The summed E-state index contributed by atoms with van der Waals surface area (Å²) < 4.78 is 0. The number of hydrogen-bond acceptors (Lipinski definition) is 2. The van der Waals surface area contributed by atoms with E-state index in [1.165, 1.54) is 38.5 Å². The maximum atomic E-state index is 11.0. The van der Waals surface area contributed by atoms with Gasteiger partial charge in [-0.3, -0.25) is 4.79 Å². The summed E-state index contributed by atoms with van der Waals surface area (Å²) in [6.07, 6.45) is 17.0. The van der Waals surface area contributed by atoms with Gasteiger partial charge in [0.15, 0.2) is 0 Å². The van der Waals surface area contributed by atoms with Gasteiger partial charge in [-0.15, -0.1) is 0 Å². The normalized spacial score (nSPS) is 12.3. The smallest absolute Gasteiger partial charge is 0.335 e. The number of carboxylic acid groups (broad SMARTS) is 2. The Balaban J connectivity index is 2.49. The van der Waals surface area contributed by atoms with Crippen molar-refractivity contribution in [1.82, 2.24) is 0 Å².